The number of furan rings is 1. The first kappa shape index (κ1) is 18.7. The minimum atomic E-state index is -0.299. The van der Waals surface area contributed by atoms with Gasteiger partial charge in [-0.15, -0.1) is 0 Å². The Morgan fingerprint density at radius 3 is 2.22 bits per heavy atom. The van der Waals surface area contributed by atoms with Crippen LogP contribution in [0.15, 0.2) is 65.1 Å². The van der Waals surface area contributed by atoms with Crippen molar-refractivity contribution in [1.29, 1.82) is 0 Å². The number of carbonyl (C=O) groups is 1. The van der Waals surface area contributed by atoms with E-state index in [9.17, 15) is 9.18 Å². The number of amides is 2. The molecule has 0 bridgehead atoms. The number of aryl methyl sites for hydroxylation is 2. The third kappa shape index (κ3) is 5.20. The maximum absolute atomic E-state index is 13.2. The largest absolute Gasteiger partial charge is 0.464 e. The minimum absolute atomic E-state index is 0.238. The van der Waals surface area contributed by atoms with Gasteiger partial charge in [-0.2, -0.15) is 0 Å². The van der Waals surface area contributed by atoms with Crippen LogP contribution < -0.4 is 5.32 Å². The number of benzene rings is 2. The Hall–Kier alpha value is -3.08. The number of halogens is 1. The predicted molar refractivity (Wildman–Crippen MR) is 104 cm³/mol. The maximum Gasteiger partial charge on any atom is 0.322 e. The van der Waals surface area contributed by atoms with Gasteiger partial charge in [0.2, 0.25) is 0 Å². The van der Waals surface area contributed by atoms with Crippen LogP contribution in [0, 0.1) is 12.7 Å². The Labute approximate surface area is 158 Å². The number of hydrogen-bond donors (Lipinski definition) is 1. The highest BCUT2D eigenvalue weighted by Gasteiger charge is 2.17. The molecule has 3 rings (SSSR count). The zero-order chi connectivity index (χ0) is 19.2. The topological polar surface area (TPSA) is 45.5 Å². The van der Waals surface area contributed by atoms with Crippen LogP contribution in [0.4, 0.5) is 14.9 Å². The van der Waals surface area contributed by atoms with Gasteiger partial charge in [0.1, 0.15) is 17.3 Å². The lowest BCUT2D eigenvalue weighted by molar-refractivity contribution is 0.201. The lowest BCUT2D eigenvalue weighted by Gasteiger charge is -2.22. The Bertz CT molecular complexity index is 885. The molecule has 0 aliphatic carbocycles. The van der Waals surface area contributed by atoms with Crippen LogP contribution in [0.2, 0.25) is 0 Å². The molecule has 2 aromatic carbocycles. The average molecular weight is 366 g/mol. The third-order valence-corrected chi connectivity index (χ3v) is 4.33. The van der Waals surface area contributed by atoms with E-state index in [4.69, 9.17) is 4.42 Å². The first-order valence-corrected chi connectivity index (χ1v) is 8.98. The van der Waals surface area contributed by atoms with Crippen LogP contribution in [-0.2, 0) is 19.5 Å². The molecule has 2 amide bonds. The van der Waals surface area contributed by atoms with Gasteiger partial charge in [0.05, 0.1) is 6.54 Å². The van der Waals surface area contributed by atoms with Crippen LogP contribution >= 0.6 is 0 Å². The van der Waals surface area contributed by atoms with Gasteiger partial charge in [-0.25, -0.2) is 9.18 Å². The molecule has 27 heavy (non-hydrogen) atoms. The molecule has 0 spiro atoms. The van der Waals surface area contributed by atoms with E-state index in [-0.39, 0.29) is 11.8 Å². The van der Waals surface area contributed by atoms with E-state index in [1.54, 1.807) is 17.0 Å². The molecule has 140 valence electrons. The molecule has 0 saturated carbocycles. The molecule has 1 aromatic heterocycles. The first-order valence-electron chi connectivity index (χ1n) is 8.98. The summed E-state index contributed by atoms with van der Waals surface area (Å²) in [5.41, 5.74) is 2.79. The number of anilines is 1. The smallest absolute Gasteiger partial charge is 0.322 e. The van der Waals surface area contributed by atoms with Crippen molar-refractivity contribution in [2.75, 3.05) is 5.32 Å². The highest BCUT2D eigenvalue weighted by molar-refractivity contribution is 5.89. The van der Waals surface area contributed by atoms with E-state index in [1.807, 2.05) is 43.3 Å². The van der Waals surface area contributed by atoms with E-state index in [2.05, 4.69) is 12.2 Å². The van der Waals surface area contributed by atoms with Gasteiger partial charge >= 0.3 is 6.03 Å². The molecule has 0 atom stereocenters. The van der Waals surface area contributed by atoms with Crippen molar-refractivity contribution in [3.8, 4) is 0 Å². The number of carbonyl (C=O) groups excluding carboxylic acids is 1. The van der Waals surface area contributed by atoms with Gasteiger partial charge in [0, 0.05) is 12.2 Å². The summed E-state index contributed by atoms with van der Waals surface area (Å²) in [4.78, 5) is 14.5. The highest BCUT2D eigenvalue weighted by Crippen LogP contribution is 2.16. The zero-order valence-electron chi connectivity index (χ0n) is 15.5. The second kappa shape index (κ2) is 8.54. The summed E-state index contributed by atoms with van der Waals surface area (Å²) in [6, 6.07) is 17.4. The summed E-state index contributed by atoms with van der Waals surface area (Å²) < 4.78 is 18.8. The maximum atomic E-state index is 13.2. The van der Waals surface area contributed by atoms with Crippen LogP contribution in [0.1, 0.15) is 29.6 Å². The van der Waals surface area contributed by atoms with Gasteiger partial charge in [-0.1, -0.05) is 31.2 Å². The molecular weight excluding hydrogens is 343 g/mol. The van der Waals surface area contributed by atoms with E-state index in [0.717, 1.165) is 23.4 Å². The number of urea groups is 1. The van der Waals surface area contributed by atoms with Crippen molar-refractivity contribution in [3.05, 3.63) is 89.1 Å². The fraction of sp³-hybridized carbons (Fsp3) is 0.227. The minimum Gasteiger partial charge on any atom is -0.464 e. The van der Waals surface area contributed by atoms with Gasteiger partial charge in [-0.3, -0.25) is 0 Å². The molecule has 0 saturated heterocycles. The van der Waals surface area contributed by atoms with Crippen molar-refractivity contribution < 1.29 is 13.6 Å². The van der Waals surface area contributed by atoms with Crippen LogP contribution in [-0.4, -0.2) is 10.9 Å². The normalized spacial score (nSPS) is 10.6. The molecule has 0 unspecified atom stereocenters. The molecule has 4 nitrogen and oxygen atoms in total. The molecule has 0 aliphatic rings. The summed E-state index contributed by atoms with van der Waals surface area (Å²) in [5.74, 6) is 1.20. The van der Waals surface area contributed by atoms with Crippen LogP contribution in [0.3, 0.4) is 0 Å². The van der Waals surface area contributed by atoms with Gasteiger partial charge in [-0.05, 0) is 60.9 Å². The van der Waals surface area contributed by atoms with E-state index >= 15 is 0 Å². The van der Waals surface area contributed by atoms with Gasteiger partial charge in [0.15, 0.2) is 0 Å². The summed E-state index contributed by atoms with van der Waals surface area (Å²) in [6.45, 7) is 4.62. The summed E-state index contributed by atoms with van der Waals surface area (Å²) >= 11 is 0. The van der Waals surface area contributed by atoms with Crippen LogP contribution in [0.25, 0.3) is 0 Å². The second-order valence-corrected chi connectivity index (χ2v) is 6.48. The first-order chi connectivity index (χ1) is 13.0. The summed E-state index contributed by atoms with van der Waals surface area (Å²) in [7, 11) is 0. The number of nitrogens with zero attached hydrogens (tertiary/aromatic N) is 1. The average Bonchev–Trinajstić information content (AvgIpc) is 3.08. The van der Waals surface area contributed by atoms with Crippen molar-refractivity contribution in [2.45, 2.75) is 33.4 Å². The molecule has 0 radical (unpaired) electrons. The van der Waals surface area contributed by atoms with Crippen molar-refractivity contribution in [1.82, 2.24) is 4.90 Å². The monoisotopic (exact) mass is 366 g/mol. The SMILES string of the molecule is CCc1ccc(NC(=O)N(Cc2ccc(F)cc2)Cc2ccc(C)o2)cc1. The lowest BCUT2D eigenvalue weighted by atomic mass is 10.1. The molecule has 1 N–H and O–H groups in total. The molecule has 3 aromatic rings. The summed E-state index contributed by atoms with van der Waals surface area (Å²) in [5, 5.41) is 2.92. The van der Waals surface area contributed by atoms with Crippen LogP contribution in [0.5, 0.6) is 0 Å². The van der Waals surface area contributed by atoms with E-state index < -0.39 is 0 Å². The van der Waals surface area contributed by atoms with Crippen molar-refractivity contribution in [3.63, 3.8) is 0 Å². The zero-order valence-corrected chi connectivity index (χ0v) is 15.5. The molecule has 5 heteroatoms. The molecule has 0 fully saturated rings. The third-order valence-electron chi connectivity index (χ3n) is 4.33. The number of rotatable bonds is 6. The van der Waals surface area contributed by atoms with Gasteiger partial charge < -0.3 is 14.6 Å². The molecule has 1 heterocycles. The fourth-order valence-corrected chi connectivity index (χ4v) is 2.79. The Balaban J connectivity index is 1.76. The number of nitrogens with one attached hydrogen (secondary N) is 1. The van der Waals surface area contributed by atoms with E-state index in [0.29, 0.717) is 18.8 Å². The summed E-state index contributed by atoms with van der Waals surface area (Å²) in [6.07, 6.45) is 0.947. The number of hydrogen-bond acceptors (Lipinski definition) is 2. The molecule has 0 aliphatic heterocycles. The highest BCUT2D eigenvalue weighted by atomic mass is 19.1. The standard InChI is InChI=1S/C22H23FN2O2/c1-3-17-7-11-20(12-8-17)24-22(26)25(15-21-13-4-16(2)27-21)14-18-5-9-19(23)10-6-18/h4-13H,3,14-15H2,1-2H3,(H,24,26). The Morgan fingerprint density at radius 1 is 0.963 bits per heavy atom. The fourth-order valence-electron chi connectivity index (χ4n) is 2.79. The quantitative estimate of drug-likeness (QED) is 0.624. The van der Waals surface area contributed by atoms with E-state index in [1.165, 1.54) is 17.7 Å². The Kier molecular flexibility index (Phi) is 5.91. The Morgan fingerprint density at radius 2 is 1.63 bits per heavy atom. The lowest BCUT2D eigenvalue weighted by Crippen LogP contribution is -2.34. The second-order valence-electron chi connectivity index (χ2n) is 6.48. The van der Waals surface area contributed by atoms with Gasteiger partial charge in [0.25, 0.3) is 0 Å². The predicted octanol–water partition coefficient (Wildman–Crippen LogP) is 5.52. The van der Waals surface area contributed by atoms with Crippen molar-refractivity contribution in [2.24, 2.45) is 0 Å². The molecular formula is C22H23FN2O2. The van der Waals surface area contributed by atoms with Crippen molar-refractivity contribution >= 4 is 11.7 Å².